The number of imidazole rings is 1. The van der Waals surface area contributed by atoms with Crippen LogP contribution in [0.5, 0.6) is 0 Å². The number of hydroxylamine groups is 1. The van der Waals surface area contributed by atoms with Gasteiger partial charge in [-0.2, -0.15) is 4.98 Å². The third-order valence-corrected chi connectivity index (χ3v) is 3.86. The molecule has 2 heterocycles. The summed E-state index contributed by atoms with van der Waals surface area (Å²) in [6.45, 7) is 3.41. The van der Waals surface area contributed by atoms with E-state index in [4.69, 9.17) is 21.7 Å². The van der Waals surface area contributed by atoms with E-state index >= 15 is 0 Å². The molecule has 28 heavy (non-hydrogen) atoms. The minimum Gasteiger partial charge on any atom is -0.447 e. The van der Waals surface area contributed by atoms with Gasteiger partial charge in [-0.25, -0.2) is 19.2 Å². The smallest absolute Gasteiger partial charge is 0.414 e. The maximum absolute atomic E-state index is 13.3. The van der Waals surface area contributed by atoms with Crippen molar-refractivity contribution in [1.82, 2.24) is 15.0 Å². The minimum atomic E-state index is -0.699. The molecule has 3 aromatic rings. The predicted molar refractivity (Wildman–Crippen MR) is 102 cm³/mol. The van der Waals surface area contributed by atoms with E-state index in [0.29, 0.717) is 10.6 Å². The van der Waals surface area contributed by atoms with Gasteiger partial charge in [0.05, 0.1) is 22.3 Å². The highest BCUT2D eigenvalue weighted by atomic mass is 35.5. The standard InChI is InChI=1S/C17H16ClFN6O3/c1-8(2)28-17(26)24-16-22-13-10(5-6-21-15(13)23-16)14(20)25(27)9-3-4-12(19)11(18)7-9/h3-8,20,27H,1-2H3,(H2,21,22,23,24,26). The molecule has 4 N–H and O–H groups in total. The molecule has 0 unspecified atom stereocenters. The van der Waals surface area contributed by atoms with Crippen molar-refractivity contribution in [1.29, 1.82) is 5.41 Å². The topological polar surface area (TPSA) is 127 Å². The highest BCUT2D eigenvalue weighted by Gasteiger charge is 2.19. The van der Waals surface area contributed by atoms with Crippen molar-refractivity contribution < 1.29 is 19.1 Å². The van der Waals surface area contributed by atoms with Crippen LogP contribution in [-0.4, -0.2) is 38.2 Å². The summed E-state index contributed by atoms with van der Waals surface area (Å²) in [5.41, 5.74) is 0.859. The maximum Gasteiger partial charge on any atom is 0.414 e. The Morgan fingerprint density at radius 2 is 2.18 bits per heavy atom. The second kappa shape index (κ2) is 7.79. The Bertz CT molecular complexity index is 1050. The zero-order chi connectivity index (χ0) is 20.4. The third-order valence-electron chi connectivity index (χ3n) is 3.57. The highest BCUT2D eigenvalue weighted by Crippen LogP contribution is 2.24. The fourth-order valence-corrected chi connectivity index (χ4v) is 2.54. The number of anilines is 2. The number of hydrogen-bond donors (Lipinski definition) is 4. The predicted octanol–water partition coefficient (Wildman–Crippen LogP) is 3.93. The van der Waals surface area contributed by atoms with Gasteiger partial charge in [-0.15, -0.1) is 0 Å². The van der Waals surface area contributed by atoms with E-state index in [-0.39, 0.29) is 39.8 Å². The number of benzene rings is 1. The molecule has 0 saturated carbocycles. The van der Waals surface area contributed by atoms with Crippen LogP contribution in [0.2, 0.25) is 5.02 Å². The SMILES string of the molecule is CC(C)OC(=O)Nc1nc2nccc(C(=N)N(O)c3ccc(F)c(Cl)c3)c2[nH]1. The normalized spacial score (nSPS) is 10.9. The molecule has 0 aliphatic rings. The Labute approximate surface area is 163 Å². The Hall–Kier alpha value is -3.24. The first-order chi connectivity index (χ1) is 13.3. The number of nitrogens with one attached hydrogen (secondary N) is 3. The van der Waals surface area contributed by atoms with Gasteiger partial charge in [0.15, 0.2) is 11.5 Å². The van der Waals surface area contributed by atoms with E-state index in [1.54, 1.807) is 13.8 Å². The summed E-state index contributed by atoms with van der Waals surface area (Å²) in [5.74, 6) is -0.910. The monoisotopic (exact) mass is 406 g/mol. The first-order valence-electron chi connectivity index (χ1n) is 8.11. The third kappa shape index (κ3) is 4.02. The Balaban J connectivity index is 1.90. The van der Waals surface area contributed by atoms with Gasteiger partial charge in [0.2, 0.25) is 5.95 Å². The average Bonchev–Trinajstić information content (AvgIpc) is 3.04. The molecule has 3 rings (SSSR count). The first-order valence-corrected chi connectivity index (χ1v) is 8.49. The highest BCUT2D eigenvalue weighted by molar-refractivity contribution is 6.31. The number of aromatic nitrogens is 3. The summed E-state index contributed by atoms with van der Waals surface area (Å²) in [7, 11) is 0. The number of hydrogen-bond acceptors (Lipinski definition) is 6. The number of nitrogens with zero attached hydrogens (tertiary/aromatic N) is 3. The lowest BCUT2D eigenvalue weighted by molar-refractivity contribution is 0.130. The van der Waals surface area contributed by atoms with Gasteiger partial charge in [0.1, 0.15) is 5.82 Å². The van der Waals surface area contributed by atoms with Gasteiger partial charge in [-0.1, -0.05) is 11.6 Å². The molecule has 0 bridgehead atoms. The molecule has 0 fully saturated rings. The van der Waals surface area contributed by atoms with Crippen molar-refractivity contribution >= 4 is 46.3 Å². The number of fused-ring (bicyclic) bond motifs is 1. The summed E-state index contributed by atoms with van der Waals surface area (Å²) >= 11 is 5.73. The molecule has 1 aromatic carbocycles. The number of amidine groups is 1. The minimum absolute atomic E-state index is 0.0720. The van der Waals surface area contributed by atoms with Gasteiger partial charge in [0.25, 0.3) is 0 Å². The van der Waals surface area contributed by atoms with Crippen LogP contribution >= 0.6 is 11.6 Å². The number of halogens is 2. The van der Waals surface area contributed by atoms with Crippen LogP contribution in [0, 0.1) is 11.2 Å². The number of amides is 1. The largest absolute Gasteiger partial charge is 0.447 e. The fourth-order valence-electron chi connectivity index (χ4n) is 2.37. The lowest BCUT2D eigenvalue weighted by Crippen LogP contribution is -2.27. The van der Waals surface area contributed by atoms with Crippen molar-refractivity contribution in [2.24, 2.45) is 0 Å². The number of ether oxygens (including phenoxy) is 1. The Kier molecular flexibility index (Phi) is 5.43. The van der Waals surface area contributed by atoms with Crippen LogP contribution in [0.15, 0.2) is 30.5 Å². The second-order valence-electron chi connectivity index (χ2n) is 5.98. The zero-order valence-electron chi connectivity index (χ0n) is 14.8. The molecule has 146 valence electrons. The average molecular weight is 407 g/mol. The molecule has 2 aromatic heterocycles. The van der Waals surface area contributed by atoms with Gasteiger partial charge in [-0.05, 0) is 38.1 Å². The quantitative estimate of drug-likeness (QED) is 0.295. The fraction of sp³-hybridized carbons (Fsp3) is 0.176. The van der Waals surface area contributed by atoms with Crippen LogP contribution in [0.3, 0.4) is 0 Å². The van der Waals surface area contributed by atoms with Crippen LogP contribution in [0.4, 0.5) is 20.8 Å². The molecule has 0 spiro atoms. The van der Waals surface area contributed by atoms with Crippen molar-refractivity contribution in [2.75, 3.05) is 10.4 Å². The molecule has 0 saturated heterocycles. The first kappa shape index (κ1) is 19.5. The van der Waals surface area contributed by atoms with E-state index in [1.807, 2.05) is 0 Å². The molecular weight excluding hydrogens is 391 g/mol. The van der Waals surface area contributed by atoms with E-state index in [1.165, 1.54) is 24.4 Å². The van der Waals surface area contributed by atoms with Crippen LogP contribution in [-0.2, 0) is 4.74 Å². The van der Waals surface area contributed by atoms with Crippen molar-refractivity contribution in [3.05, 3.63) is 46.9 Å². The lowest BCUT2D eigenvalue weighted by Gasteiger charge is -2.18. The molecule has 0 aliphatic heterocycles. The van der Waals surface area contributed by atoms with Crippen molar-refractivity contribution in [3.63, 3.8) is 0 Å². The summed E-state index contributed by atoms with van der Waals surface area (Å²) < 4.78 is 18.3. The van der Waals surface area contributed by atoms with E-state index in [9.17, 15) is 14.4 Å². The number of rotatable bonds is 4. The summed E-state index contributed by atoms with van der Waals surface area (Å²) in [6.07, 6.45) is 0.390. The summed E-state index contributed by atoms with van der Waals surface area (Å²) in [6, 6.07) is 5.02. The number of pyridine rings is 1. The Morgan fingerprint density at radius 1 is 1.43 bits per heavy atom. The van der Waals surface area contributed by atoms with Gasteiger partial charge in [-0.3, -0.25) is 15.9 Å². The van der Waals surface area contributed by atoms with Crippen LogP contribution in [0.25, 0.3) is 11.2 Å². The van der Waals surface area contributed by atoms with Gasteiger partial charge in [0, 0.05) is 11.8 Å². The number of carbonyl (C=O) groups is 1. The zero-order valence-corrected chi connectivity index (χ0v) is 15.6. The van der Waals surface area contributed by atoms with Gasteiger partial charge >= 0.3 is 6.09 Å². The molecule has 0 aliphatic carbocycles. The summed E-state index contributed by atoms with van der Waals surface area (Å²) in [5, 5.41) is 21.4. The van der Waals surface area contributed by atoms with E-state index < -0.39 is 11.9 Å². The Morgan fingerprint density at radius 3 is 2.86 bits per heavy atom. The molecule has 9 nitrogen and oxygen atoms in total. The number of carbonyl (C=O) groups excluding carboxylic acids is 1. The van der Waals surface area contributed by atoms with Crippen molar-refractivity contribution in [3.8, 4) is 0 Å². The second-order valence-corrected chi connectivity index (χ2v) is 6.39. The van der Waals surface area contributed by atoms with Crippen molar-refractivity contribution in [2.45, 2.75) is 20.0 Å². The maximum atomic E-state index is 13.3. The van der Waals surface area contributed by atoms with Crippen LogP contribution < -0.4 is 10.4 Å². The molecular formula is C17H16ClFN6O3. The molecule has 0 atom stereocenters. The van der Waals surface area contributed by atoms with E-state index in [0.717, 1.165) is 6.07 Å². The molecule has 1 amide bonds. The molecule has 11 heteroatoms. The number of H-pyrrole nitrogens is 1. The van der Waals surface area contributed by atoms with Crippen LogP contribution in [0.1, 0.15) is 19.4 Å². The van der Waals surface area contributed by atoms with Gasteiger partial charge < -0.3 is 9.72 Å². The van der Waals surface area contributed by atoms with E-state index in [2.05, 4.69) is 20.3 Å². The molecule has 0 radical (unpaired) electrons. The summed E-state index contributed by atoms with van der Waals surface area (Å²) in [4.78, 5) is 22.7. The lowest BCUT2D eigenvalue weighted by atomic mass is 10.2. The number of aromatic amines is 1.